The summed E-state index contributed by atoms with van der Waals surface area (Å²) in [4.78, 5) is 0. The summed E-state index contributed by atoms with van der Waals surface area (Å²) in [6, 6.07) is 0. The van der Waals surface area contributed by atoms with Gasteiger partial charge in [-0.05, 0) is 19.4 Å². The Kier molecular flexibility index (Phi) is 6.40. The highest BCUT2D eigenvalue weighted by molar-refractivity contribution is 7.90. The van der Waals surface area contributed by atoms with Crippen LogP contribution in [0.4, 0.5) is 0 Å². The minimum atomic E-state index is -2.84. The van der Waals surface area contributed by atoms with Crippen molar-refractivity contribution in [1.29, 1.82) is 0 Å². The molecule has 0 aliphatic rings. The fourth-order valence-electron chi connectivity index (χ4n) is 1.14. The molecule has 0 saturated carbocycles. The first kappa shape index (κ1) is 14.9. The third kappa shape index (κ3) is 7.76. The molecule has 0 aliphatic heterocycles. The van der Waals surface area contributed by atoms with Crippen molar-refractivity contribution >= 4 is 9.84 Å². The standard InChI is InChI=1S/C10H23NO3S/c1-4-10(2,9-12)8-11-6-5-7-15(3,13)14/h11-12H,4-9H2,1-3H3. The summed E-state index contributed by atoms with van der Waals surface area (Å²) in [5, 5.41) is 12.3. The lowest BCUT2D eigenvalue weighted by Gasteiger charge is -2.25. The molecule has 92 valence electrons. The van der Waals surface area contributed by atoms with Gasteiger partial charge in [0.1, 0.15) is 9.84 Å². The number of aliphatic hydroxyl groups excluding tert-OH is 1. The summed E-state index contributed by atoms with van der Waals surface area (Å²) in [5.74, 6) is 0.224. The SMILES string of the molecule is CCC(C)(CO)CNCCCS(C)(=O)=O. The molecule has 0 radical (unpaired) electrons. The van der Waals surface area contributed by atoms with E-state index in [1.807, 2.05) is 13.8 Å². The van der Waals surface area contributed by atoms with Gasteiger partial charge in [0.2, 0.25) is 0 Å². The van der Waals surface area contributed by atoms with Crippen molar-refractivity contribution < 1.29 is 13.5 Å². The molecule has 0 fully saturated rings. The fourth-order valence-corrected chi connectivity index (χ4v) is 1.81. The molecule has 0 spiro atoms. The molecule has 4 nitrogen and oxygen atoms in total. The van der Waals surface area contributed by atoms with Gasteiger partial charge in [0, 0.05) is 24.8 Å². The summed E-state index contributed by atoms with van der Waals surface area (Å²) in [6.07, 6.45) is 2.78. The first-order chi connectivity index (χ1) is 6.83. The fraction of sp³-hybridized carbons (Fsp3) is 1.00. The minimum Gasteiger partial charge on any atom is -0.396 e. The zero-order valence-electron chi connectivity index (χ0n) is 9.91. The Morgan fingerprint density at radius 3 is 2.40 bits per heavy atom. The summed E-state index contributed by atoms with van der Waals surface area (Å²) in [5.41, 5.74) is -0.0922. The molecule has 0 aromatic rings. The normalized spacial score (nSPS) is 16.3. The second kappa shape index (κ2) is 6.45. The van der Waals surface area contributed by atoms with E-state index in [1.165, 1.54) is 6.26 Å². The van der Waals surface area contributed by atoms with Crippen LogP contribution in [0.2, 0.25) is 0 Å². The lowest BCUT2D eigenvalue weighted by atomic mass is 9.89. The van der Waals surface area contributed by atoms with E-state index in [9.17, 15) is 8.42 Å². The van der Waals surface area contributed by atoms with Crippen LogP contribution in [0, 0.1) is 5.41 Å². The maximum Gasteiger partial charge on any atom is 0.147 e. The lowest BCUT2D eigenvalue weighted by Crippen LogP contribution is -2.35. The van der Waals surface area contributed by atoms with E-state index in [1.54, 1.807) is 0 Å². The van der Waals surface area contributed by atoms with Crippen LogP contribution in [0.15, 0.2) is 0 Å². The predicted octanol–water partition coefficient (Wildman–Crippen LogP) is 0.419. The largest absolute Gasteiger partial charge is 0.396 e. The highest BCUT2D eigenvalue weighted by Crippen LogP contribution is 2.18. The van der Waals surface area contributed by atoms with Gasteiger partial charge in [0.05, 0.1) is 5.75 Å². The molecule has 15 heavy (non-hydrogen) atoms. The van der Waals surface area contributed by atoms with E-state index >= 15 is 0 Å². The number of sulfone groups is 1. The van der Waals surface area contributed by atoms with E-state index in [0.717, 1.165) is 13.0 Å². The zero-order chi connectivity index (χ0) is 11.9. The number of rotatable bonds is 8. The third-order valence-corrected chi connectivity index (χ3v) is 3.69. The van der Waals surface area contributed by atoms with Crippen LogP contribution < -0.4 is 5.32 Å². The Labute approximate surface area is 93.0 Å². The molecule has 0 amide bonds. The average Bonchev–Trinajstić information content (AvgIpc) is 2.15. The Bertz CT molecular complexity index is 258. The highest BCUT2D eigenvalue weighted by Gasteiger charge is 2.19. The van der Waals surface area contributed by atoms with Gasteiger partial charge in [-0.3, -0.25) is 0 Å². The van der Waals surface area contributed by atoms with Crippen molar-refractivity contribution in [2.24, 2.45) is 5.41 Å². The Balaban J connectivity index is 3.63. The maximum absolute atomic E-state index is 10.8. The molecule has 1 unspecified atom stereocenters. The smallest absolute Gasteiger partial charge is 0.147 e. The van der Waals surface area contributed by atoms with Crippen LogP contribution in [0.3, 0.4) is 0 Å². The molecule has 2 N–H and O–H groups in total. The molecular weight excluding hydrogens is 214 g/mol. The van der Waals surface area contributed by atoms with E-state index in [-0.39, 0.29) is 17.8 Å². The van der Waals surface area contributed by atoms with E-state index in [4.69, 9.17) is 5.11 Å². The molecule has 5 heteroatoms. The Morgan fingerprint density at radius 2 is 2.00 bits per heavy atom. The zero-order valence-corrected chi connectivity index (χ0v) is 10.7. The second-order valence-corrected chi connectivity index (χ2v) is 6.74. The maximum atomic E-state index is 10.8. The molecule has 0 aliphatic carbocycles. The molecule has 0 heterocycles. The van der Waals surface area contributed by atoms with E-state index in [2.05, 4.69) is 5.32 Å². The molecular formula is C10H23NO3S. The number of hydrogen-bond acceptors (Lipinski definition) is 4. The van der Waals surface area contributed by atoms with Gasteiger partial charge in [0.15, 0.2) is 0 Å². The predicted molar refractivity (Wildman–Crippen MR) is 62.7 cm³/mol. The Hall–Kier alpha value is -0.130. The summed E-state index contributed by atoms with van der Waals surface area (Å²) >= 11 is 0. The first-order valence-electron chi connectivity index (χ1n) is 5.32. The van der Waals surface area contributed by atoms with Crippen molar-refractivity contribution in [2.45, 2.75) is 26.7 Å². The Morgan fingerprint density at radius 1 is 1.40 bits per heavy atom. The molecule has 0 rings (SSSR count). The summed E-state index contributed by atoms with van der Waals surface area (Å²) < 4.78 is 21.7. The van der Waals surface area contributed by atoms with Gasteiger partial charge >= 0.3 is 0 Å². The minimum absolute atomic E-state index is 0.0922. The van der Waals surface area contributed by atoms with Crippen molar-refractivity contribution in [3.05, 3.63) is 0 Å². The van der Waals surface area contributed by atoms with E-state index in [0.29, 0.717) is 13.0 Å². The lowest BCUT2D eigenvalue weighted by molar-refractivity contribution is 0.136. The highest BCUT2D eigenvalue weighted by atomic mass is 32.2. The van der Waals surface area contributed by atoms with Gasteiger partial charge in [-0.2, -0.15) is 0 Å². The second-order valence-electron chi connectivity index (χ2n) is 4.48. The van der Waals surface area contributed by atoms with Gasteiger partial charge < -0.3 is 10.4 Å². The van der Waals surface area contributed by atoms with Gasteiger partial charge in [-0.25, -0.2) is 8.42 Å². The molecule has 0 aromatic heterocycles. The quantitative estimate of drug-likeness (QED) is 0.600. The van der Waals surface area contributed by atoms with Crippen molar-refractivity contribution in [3.8, 4) is 0 Å². The van der Waals surface area contributed by atoms with E-state index < -0.39 is 9.84 Å². The monoisotopic (exact) mass is 237 g/mol. The van der Waals surface area contributed by atoms with Crippen LogP contribution in [-0.2, 0) is 9.84 Å². The molecule has 0 bridgehead atoms. The first-order valence-corrected chi connectivity index (χ1v) is 7.38. The van der Waals surface area contributed by atoms with Crippen LogP contribution in [0.1, 0.15) is 26.7 Å². The molecule has 1 atom stereocenters. The van der Waals surface area contributed by atoms with Gasteiger partial charge in [-0.1, -0.05) is 13.8 Å². The summed E-state index contributed by atoms with van der Waals surface area (Å²) in [7, 11) is -2.84. The van der Waals surface area contributed by atoms with Crippen LogP contribution in [-0.4, -0.2) is 45.2 Å². The van der Waals surface area contributed by atoms with Crippen LogP contribution in [0.5, 0.6) is 0 Å². The van der Waals surface area contributed by atoms with Crippen molar-refractivity contribution in [3.63, 3.8) is 0 Å². The molecule has 0 aromatic carbocycles. The van der Waals surface area contributed by atoms with Crippen LogP contribution in [0.25, 0.3) is 0 Å². The summed E-state index contributed by atoms with van der Waals surface area (Å²) in [6.45, 7) is 5.61. The van der Waals surface area contributed by atoms with Crippen molar-refractivity contribution in [2.75, 3.05) is 31.7 Å². The van der Waals surface area contributed by atoms with Gasteiger partial charge in [0.25, 0.3) is 0 Å². The topological polar surface area (TPSA) is 66.4 Å². The number of hydrogen-bond donors (Lipinski definition) is 2. The number of aliphatic hydroxyl groups is 1. The number of nitrogens with one attached hydrogen (secondary N) is 1. The average molecular weight is 237 g/mol. The molecule has 0 saturated heterocycles. The van der Waals surface area contributed by atoms with Crippen molar-refractivity contribution in [1.82, 2.24) is 5.32 Å². The third-order valence-electron chi connectivity index (χ3n) is 2.66. The van der Waals surface area contributed by atoms with Gasteiger partial charge in [-0.15, -0.1) is 0 Å². The van der Waals surface area contributed by atoms with Crippen LogP contribution >= 0.6 is 0 Å².